The van der Waals surface area contributed by atoms with Crippen LogP contribution in [0.4, 0.5) is 5.69 Å². The molecular weight excluding hydrogens is 202 g/mol. The second-order valence-corrected chi connectivity index (χ2v) is 4.93. The van der Waals surface area contributed by atoms with Crippen LogP contribution in [0.5, 0.6) is 5.88 Å². The third-order valence-corrected chi connectivity index (χ3v) is 3.46. The molecule has 4 nitrogen and oxygen atoms in total. The van der Waals surface area contributed by atoms with Gasteiger partial charge in [-0.25, -0.2) is 4.68 Å². The molecule has 90 valence electrons. The zero-order valence-electron chi connectivity index (χ0n) is 10.4. The Bertz CT molecular complexity index is 365. The quantitative estimate of drug-likeness (QED) is 0.836. The van der Waals surface area contributed by atoms with Gasteiger partial charge in [0.25, 0.3) is 0 Å². The van der Waals surface area contributed by atoms with Crippen molar-refractivity contribution in [3.05, 3.63) is 5.69 Å². The molecule has 1 saturated carbocycles. The average Bonchev–Trinajstić information content (AvgIpc) is 2.48. The van der Waals surface area contributed by atoms with Crippen LogP contribution in [-0.2, 0) is 7.05 Å². The molecule has 0 aromatic carbocycles. The monoisotopic (exact) mass is 223 g/mol. The van der Waals surface area contributed by atoms with E-state index in [4.69, 9.17) is 10.5 Å². The van der Waals surface area contributed by atoms with Crippen molar-refractivity contribution in [1.29, 1.82) is 0 Å². The predicted molar refractivity (Wildman–Crippen MR) is 64.4 cm³/mol. The summed E-state index contributed by atoms with van der Waals surface area (Å²) in [5.74, 6) is 1.57. The lowest BCUT2D eigenvalue weighted by Crippen LogP contribution is -2.24. The molecule has 1 aliphatic rings. The molecule has 0 bridgehead atoms. The summed E-state index contributed by atoms with van der Waals surface area (Å²) in [4.78, 5) is 0. The van der Waals surface area contributed by atoms with E-state index < -0.39 is 0 Å². The van der Waals surface area contributed by atoms with Crippen molar-refractivity contribution in [2.45, 2.75) is 45.6 Å². The summed E-state index contributed by atoms with van der Waals surface area (Å²) < 4.78 is 7.70. The number of hydrogen-bond acceptors (Lipinski definition) is 3. The van der Waals surface area contributed by atoms with Crippen LogP contribution in [0.15, 0.2) is 0 Å². The van der Waals surface area contributed by atoms with Crippen LogP contribution in [0.2, 0.25) is 0 Å². The third kappa shape index (κ3) is 2.15. The van der Waals surface area contributed by atoms with Crippen molar-refractivity contribution in [2.75, 3.05) is 5.73 Å². The molecule has 1 aromatic rings. The van der Waals surface area contributed by atoms with Gasteiger partial charge in [0, 0.05) is 7.05 Å². The van der Waals surface area contributed by atoms with E-state index in [2.05, 4.69) is 12.0 Å². The fourth-order valence-corrected chi connectivity index (χ4v) is 2.30. The van der Waals surface area contributed by atoms with Crippen LogP contribution < -0.4 is 10.5 Å². The van der Waals surface area contributed by atoms with Gasteiger partial charge in [-0.05, 0) is 38.5 Å². The summed E-state index contributed by atoms with van der Waals surface area (Å²) in [6, 6.07) is 0. The van der Waals surface area contributed by atoms with Gasteiger partial charge < -0.3 is 10.5 Å². The van der Waals surface area contributed by atoms with Gasteiger partial charge in [-0.3, -0.25) is 0 Å². The molecule has 0 amide bonds. The molecule has 2 rings (SSSR count). The van der Waals surface area contributed by atoms with Crippen molar-refractivity contribution < 1.29 is 4.74 Å². The Labute approximate surface area is 96.8 Å². The van der Waals surface area contributed by atoms with Crippen molar-refractivity contribution in [3.8, 4) is 5.88 Å². The van der Waals surface area contributed by atoms with Crippen LogP contribution in [0.1, 0.15) is 38.3 Å². The smallest absolute Gasteiger partial charge is 0.236 e. The molecule has 0 unspecified atom stereocenters. The minimum absolute atomic E-state index is 0.313. The highest BCUT2D eigenvalue weighted by Gasteiger charge is 2.22. The standard InChI is InChI=1S/C12H21N3O/c1-8-4-6-10(7-5-8)16-12-11(13)9(2)14-15(12)3/h8,10H,4-7,13H2,1-3H3. The van der Waals surface area contributed by atoms with Gasteiger partial charge in [-0.1, -0.05) is 6.92 Å². The van der Waals surface area contributed by atoms with Crippen LogP contribution >= 0.6 is 0 Å². The second-order valence-electron chi connectivity index (χ2n) is 4.93. The number of aromatic nitrogens is 2. The number of hydrogen-bond donors (Lipinski definition) is 1. The molecule has 0 spiro atoms. The lowest BCUT2D eigenvalue weighted by Gasteiger charge is -2.26. The molecule has 1 aromatic heterocycles. The minimum atomic E-state index is 0.313. The largest absolute Gasteiger partial charge is 0.473 e. The number of ether oxygens (including phenoxy) is 1. The first kappa shape index (κ1) is 11.3. The Balaban J connectivity index is 2.03. The predicted octanol–water partition coefficient (Wildman–Crippen LogP) is 2.27. The zero-order valence-corrected chi connectivity index (χ0v) is 10.4. The van der Waals surface area contributed by atoms with Gasteiger partial charge in [0.15, 0.2) is 0 Å². The van der Waals surface area contributed by atoms with Crippen LogP contribution in [0.25, 0.3) is 0 Å². The summed E-state index contributed by atoms with van der Waals surface area (Å²) in [7, 11) is 1.88. The number of nitrogens with zero attached hydrogens (tertiary/aromatic N) is 2. The molecular formula is C12H21N3O. The molecule has 0 aliphatic heterocycles. The summed E-state index contributed by atoms with van der Waals surface area (Å²) >= 11 is 0. The summed E-state index contributed by atoms with van der Waals surface area (Å²) in [6.07, 6.45) is 5.08. The van der Waals surface area contributed by atoms with Crippen LogP contribution in [-0.4, -0.2) is 15.9 Å². The maximum Gasteiger partial charge on any atom is 0.236 e. The summed E-state index contributed by atoms with van der Waals surface area (Å²) in [5.41, 5.74) is 7.47. The van der Waals surface area contributed by atoms with Gasteiger partial charge in [0.2, 0.25) is 5.88 Å². The fourth-order valence-electron chi connectivity index (χ4n) is 2.30. The maximum absolute atomic E-state index is 5.96. The summed E-state index contributed by atoms with van der Waals surface area (Å²) in [5, 5.41) is 4.26. The molecule has 0 atom stereocenters. The number of anilines is 1. The second kappa shape index (κ2) is 4.36. The Morgan fingerprint density at radius 1 is 1.31 bits per heavy atom. The Morgan fingerprint density at radius 3 is 2.44 bits per heavy atom. The van der Waals surface area contributed by atoms with E-state index in [0.717, 1.165) is 30.3 Å². The third-order valence-electron chi connectivity index (χ3n) is 3.46. The molecule has 1 heterocycles. The molecule has 0 saturated heterocycles. The van der Waals surface area contributed by atoms with Gasteiger partial charge in [-0.15, -0.1) is 0 Å². The number of nitrogen functional groups attached to an aromatic ring is 1. The maximum atomic E-state index is 5.96. The van der Waals surface area contributed by atoms with Gasteiger partial charge in [0.1, 0.15) is 11.8 Å². The van der Waals surface area contributed by atoms with Crippen molar-refractivity contribution in [2.24, 2.45) is 13.0 Å². The Kier molecular flexibility index (Phi) is 3.08. The van der Waals surface area contributed by atoms with Gasteiger partial charge >= 0.3 is 0 Å². The van der Waals surface area contributed by atoms with Crippen LogP contribution in [0.3, 0.4) is 0 Å². The van der Waals surface area contributed by atoms with E-state index in [-0.39, 0.29) is 0 Å². The van der Waals surface area contributed by atoms with E-state index in [1.807, 2.05) is 14.0 Å². The molecule has 0 radical (unpaired) electrons. The Morgan fingerprint density at radius 2 is 1.94 bits per heavy atom. The first-order valence-corrected chi connectivity index (χ1v) is 6.03. The van der Waals surface area contributed by atoms with E-state index in [1.54, 1.807) is 4.68 Å². The van der Waals surface area contributed by atoms with Gasteiger partial charge in [-0.2, -0.15) is 5.10 Å². The first-order chi connectivity index (χ1) is 7.58. The fraction of sp³-hybridized carbons (Fsp3) is 0.750. The summed E-state index contributed by atoms with van der Waals surface area (Å²) in [6.45, 7) is 4.21. The zero-order chi connectivity index (χ0) is 11.7. The molecule has 1 fully saturated rings. The number of aryl methyl sites for hydroxylation is 2. The molecule has 4 heteroatoms. The van der Waals surface area contributed by atoms with Crippen molar-refractivity contribution >= 4 is 5.69 Å². The normalized spacial score (nSPS) is 25.7. The van der Waals surface area contributed by atoms with Crippen LogP contribution in [0, 0.1) is 12.8 Å². The lowest BCUT2D eigenvalue weighted by molar-refractivity contribution is 0.125. The van der Waals surface area contributed by atoms with E-state index >= 15 is 0 Å². The SMILES string of the molecule is Cc1nn(C)c(OC2CCC(C)CC2)c1N. The van der Waals surface area contributed by atoms with Crippen molar-refractivity contribution in [3.63, 3.8) is 0 Å². The van der Waals surface area contributed by atoms with Gasteiger partial charge in [0.05, 0.1) is 5.69 Å². The molecule has 16 heavy (non-hydrogen) atoms. The van der Waals surface area contributed by atoms with Crippen molar-refractivity contribution in [1.82, 2.24) is 9.78 Å². The highest BCUT2D eigenvalue weighted by molar-refractivity contribution is 5.52. The minimum Gasteiger partial charge on any atom is -0.473 e. The van der Waals surface area contributed by atoms with E-state index in [0.29, 0.717) is 11.8 Å². The average molecular weight is 223 g/mol. The lowest BCUT2D eigenvalue weighted by atomic mass is 9.89. The number of nitrogens with two attached hydrogens (primary N) is 1. The highest BCUT2D eigenvalue weighted by Crippen LogP contribution is 2.30. The topological polar surface area (TPSA) is 53.1 Å². The Hall–Kier alpha value is -1.19. The number of rotatable bonds is 2. The molecule has 2 N–H and O–H groups in total. The first-order valence-electron chi connectivity index (χ1n) is 6.03. The van der Waals surface area contributed by atoms with E-state index in [9.17, 15) is 0 Å². The highest BCUT2D eigenvalue weighted by atomic mass is 16.5. The van der Waals surface area contributed by atoms with E-state index in [1.165, 1.54) is 12.8 Å². The molecule has 1 aliphatic carbocycles.